The highest BCUT2D eigenvalue weighted by molar-refractivity contribution is 5.91. The smallest absolute Gasteiger partial charge is 0.279 e. The fourth-order valence-electron chi connectivity index (χ4n) is 3.22. The van der Waals surface area contributed by atoms with E-state index in [4.69, 9.17) is 4.74 Å². The van der Waals surface area contributed by atoms with Crippen molar-refractivity contribution in [2.45, 2.75) is 32.7 Å². The van der Waals surface area contributed by atoms with Gasteiger partial charge in [0.25, 0.3) is 11.8 Å². The van der Waals surface area contributed by atoms with Gasteiger partial charge in [0.15, 0.2) is 13.1 Å². The fourth-order valence-corrected chi connectivity index (χ4v) is 3.22. The van der Waals surface area contributed by atoms with Crippen LogP contribution in [0, 0.1) is 0 Å². The van der Waals surface area contributed by atoms with Crippen molar-refractivity contribution in [2.24, 2.45) is 0 Å². The highest BCUT2D eigenvalue weighted by Crippen LogP contribution is 2.18. The first-order valence-electron chi connectivity index (χ1n) is 9.81. The van der Waals surface area contributed by atoms with Gasteiger partial charge in [-0.3, -0.25) is 9.59 Å². The van der Waals surface area contributed by atoms with Gasteiger partial charge in [-0.2, -0.15) is 0 Å². The van der Waals surface area contributed by atoms with Crippen molar-refractivity contribution in [1.29, 1.82) is 0 Å². The quantitative estimate of drug-likeness (QED) is 0.578. The molecule has 1 aromatic carbocycles. The summed E-state index contributed by atoms with van der Waals surface area (Å²) in [6, 6.07) is 8.03. The zero-order chi connectivity index (χ0) is 19.6. The van der Waals surface area contributed by atoms with E-state index in [1.807, 2.05) is 38.2 Å². The van der Waals surface area contributed by atoms with E-state index in [9.17, 15) is 9.59 Å². The maximum atomic E-state index is 12.2. The Morgan fingerprint density at radius 2 is 1.78 bits per heavy atom. The highest BCUT2D eigenvalue weighted by Gasteiger charge is 2.16. The number of amides is 2. The average Bonchev–Trinajstić information content (AvgIpc) is 2.62. The van der Waals surface area contributed by atoms with Crippen LogP contribution in [-0.2, 0) is 14.3 Å². The minimum atomic E-state index is -0.0963. The number of anilines is 2. The minimum Gasteiger partial charge on any atom is -0.378 e. The number of carbonyl (C=O) groups excluding carboxylic acids is 2. The van der Waals surface area contributed by atoms with Gasteiger partial charge in [0, 0.05) is 30.5 Å². The lowest BCUT2D eigenvalue weighted by Gasteiger charge is -2.28. The summed E-state index contributed by atoms with van der Waals surface area (Å²) in [6.07, 6.45) is 2.00. The van der Waals surface area contributed by atoms with Crippen LogP contribution < -0.4 is 20.4 Å². The molecule has 0 saturated carbocycles. The second kappa shape index (κ2) is 10.9. The Bertz CT molecular complexity index is 600. The zero-order valence-electron chi connectivity index (χ0n) is 16.7. The van der Waals surface area contributed by atoms with E-state index < -0.39 is 0 Å². The summed E-state index contributed by atoms with van der Waals surface area (Å²) in [5.74, 6) is -0.114. The van der Waals surface area contributed by atoms with Gasteiger partial charge in [-0.1, -0.05) is 13.3 Å². The van der Waals surface area contributed by atoms with E-state index in [1.54, 1.807) is 0 Å². The lowest BCUT2D eigenvalue weighted by Crippen LogP contribution is -3.11. The number of morpholine rings is 1. The van der Waals surface area contributed by atoms with Crippen LogP contribution in [0.25, 0.3) is 0 Å². The summed E-state index contributed by atoms with van der Waals surface area (Å²) in [7, 11) is 1.85. The second-order valence-corrected chi connectivity index (χ2v) is 7.26. The maximum Gasteiger partial charge on any atom is 0.279 e. The van der Waals surface area contributed by atoms with Crippen molar-refractivity contribution < 1.29 is 19.2 Å². The molecule has 150 valence electrons. The molecule has 27 heavy (non-hydrogen) atoms. The number of benzene rings is 1. The number of hydrogen-bond donors (Lipinski definition) is 3. The van der Waals surface area contributed by atoms with Crippen LogP contribution >= 0.6 is 0 Å². The standard InChI is InChI=1S/C20H32N4O3/c1-4-5-16(2)21-19(25)14-23(3)15-20(26)22-17-6-8-18(9-7-17)24-10-12-27-13-11-24/h6-9,16H,4-5,10-15H2,1-3H3,(H,21,25)(H,22,26)/p+1/t16-/m0/s1. The van der Waals surface area contributed by atoms with Crippen LogP contribution in [0.4, 0.5) is 11.4 Å². The third-order valence-corrected chi connectivity index (χ3v) is 4.58. The first-order valence-corrected chi connectivity index (χ1v) is 9.81. The van der Waals surface area contributed by atoms with E-state index in [0.29, 0.717) is 0 Å². The molecule has 0 radical (unpaired) electrons. The van der Waals surface area contributed by atoms with Gasteiger partial charge in [-0.05, 0) is 37.6 Å². The van der Waals surface area contributed by atoms with Crippen molar-refractivity contribution in [1.82, 2.24) is 5.32 Å². The predicted molar refractivity (Wildman–Crippen MR) is 107 cm³/mol. The zero-order valence-corrected chi connectivity index (χ0v) is 16.7. The molecular weight excluding hydrogens is 344 g/mol. The Morgan fingerprint density at radius 3 is 2.41 bits per heavy atom. The Balaban J connectivity index is 1.75. The Labute approximate surface area is 162 Å². The number of quaternary nitrogens is 1. The molecule has 7 heteroatoms. The molecule has 1 aromatic rings. The van der Waals surface area contributed by atoms with Crippen molar-refractivity contribution in [3.63, 3.8) is 0 Å². The Kier molecular flexibility index (Phi) is 8.54. The molecule has 0 spiro atoms. The molecule has 1 fully saturated rings. The van der Waals surface area contributed by atoms with Crippen LogP contribution in [0.2, 0.25) is 0 Å². The maximum absolute atomic E-state index is 12.2. The van der Waals surface area contributed by atoms with Crippen LogP contribution in [0.1, 0.15) is 26.7 Å². The van der Waals surface area contributed by atoms with Gasteiger partial charge in [-0.25, -0.2) is 0 Å². The summed E-state index contributed by atoms with van der Waals surface area (Å²) >= 11 is 0. The van der Waals surface area contributed by atoms with Crippen molar-refractivity contribution in [2.75, 3.05) is 56.7 Å². The molecule has 1 heterocycles. The Morgan fingerprint density at radius 1 is 1.15 bits per heavy atom. The van der Waals surface area contributed by atoms with Crippen LogP contribution in [0.5, 0.6) is 0 Å². The molecule has 0 aliphatic carbocycles. The van der Waals surface area contributed by atoms with Gasteiger partial charge in [-0.15, -0.1) is 0 Å². The van der Waals surface area contributed by atoms with Crippen molar-refractivity contribution in [3.05, 3.63) is 24.3 Å². The molecular formula is C20H33N4O3+. The summed E-state index contributed by atoms with van der Waals surface area (Å²) in [4.78, 5) is 27.3. The number of hydrogen-bond acceptors (Lipinski definition) is 4. The number of nitrogens with one attached hydrogen (secondary N) is 3. The summed E-state index contributed by atoms with van der Waals surface area (Å²) in [5, 5.41) is 5.87. The number of likely N-dealkylation sites (N-methyl/N-ethyl adjacent to an activating group) is 1. The fraction of sp³-hybridized carbons (Fsp3) is 0.600. The van der Waals surface area contributed by atoms with E-state index in [2.05, 4.69) is 22.5 Å². The first-order chi connectivity index (χ1) is 13.0. The van der Waals surface area contributed by atoms with Crippen molar-refractivity contribution in [3.8, 4) is 0 Å². The van der Waals surface area contributed by atoms with E-state index in [-0.39, 0.29) is 30.9 Å². The first kappa shape index (κ1) is 21.2. The van der Waals surface area contributed by atoms with Gasteiger partial charge in [0.05, 0.1) is 20.3 Å². The molecule has 1 unspecified atom stereocenters. The lowest BCUT2D eigenvalue weighted by atomic mass is 10.2. The summed E-state index contributed by atoms with van der Waals surface area (Å²) < 4.78 is 5.37. The molecule has 1 aliphatic heterocycles. The number of carbonyl (C=O) groups is 2. The van der Waals surface area contributed by atoms with Gasteiger partial charge in [0.2, 0.25) is 0 Å². The third kappa shape index (κ3) is 7.56. The molecule has 0 aromatic heterocycles. The largest absolute Gasteiger partial charge is 0.378 e. The molecule has 0 bridgehead atoms. The average molecular weight is 378 g/mol. The summed E-state index contributed by atoms with van der Waals surface area (Å²) in [6.45, 7) is 7.91. The molecule has 1 saturated heterocycles. The minimum absolute atomic E-state index is 0.0175. The van der Waals surface area contributed by atoms with E-state index in [1.165, 1.54) is 0 Å². The third-order valence-electron chi connectivity index (χ3n) is 4.58. The highest BCUT2D eigenvalue weighted by atomic mass is 16.5. The number of rotatable bonds is 9. The normalized spacial score (nSPS) is 16.5. The second-order valence-electron chi connectivity index (χ2n) is 7.26. The van der Waals surface area contributed by atoms with Crippen LogP contribution in [0.15, 0.2) is 24.3 Å². The topological polar surface area (TPSA) is 75.1 Å². The van der Waals surface area contributed by atoms with Crippen LogP contribution in [-0.4, -0.2) is 64.3 Å². The van der Waals surface area contributed by atoms with E-state index in [0.717, 1.165) is 55.4 Å². The number of ether oxygens (including phenoxy) is 1. The molecule has 2 atom stereocenters. The molecule has 3 N–H and O–H groups in total. The van der Waals surface area contributed by atoms with Gasteiger partial charge in [0.1, 0.15) is 0 Å². The predicted octanol–water partition coefficient (Wildman–Crippen LogP) is 0.281. The lowest BCUT2D eigenvalue weighted by molar-refractivity contribution is -0.862. The Hall–Kier alpha value is -2.12. The monoisotopic (exact) mass is 377 g/mol. The van der Waals surface area contributed by atoms with Crippen molar-refractivity contribution >= 4 is 23.2 Å². The molecule has 2 rings (SSSR count). The molecule has 1 aliphatic rings. The SMILES string of the molecule is CCC[C@H](C)NC(=O)C[NH+](C)CC(=O)Nc1ccc(N2CCOCC2)cc1. The molecule has 2 amide bonds. The van der Waals surface area contributed by atoms with Gasteiger partial charge < -0.3 is 25.2 Å². The molecule has 7 nitrogen and oxygen atoms in total. The van der Waals surface area contributed by atoms with Crippen LogP contribution in [0.3, 0.4) is 0 Å². The number of nitrogens with zero attached hydrogens (tertiary/aromatic N) is 1. The van der Waals surface area contributed by atoms with E-state index >= 15 is 0 Å². The van der Waals surface area contributed by atoms with Gasteiger partial charge >= 0.3 is 0 Å². The summed E-state index contributed by atoms with van der Waals surface area (Å²) in [5.41, 5.74) is 1.91.